The van der Waals surface area contributed by atoms with Crippen molar-refractivity contribution in [3.63, 3.8) is 0 Å². The van der Waals surface area contributed by atoms with Crippen molar-refractivity contribution in [2.75, 3.05) is 19.5 Å². The zero-order valence-corrected chi connectivity index (χ0v) is 9.88. The van der Waals surface area contributed by atoms with E-state index in [1.807, 2.05) is 19.9 Å². The van der Waals surface area contributed by atoms with Gasteiger partial charge in [-0.05, 0) is 13.8 Å². The number of nitrogens with one attached hydrogen (secondary N) is 1. The fourth-order valence-electron chi connectivity index (χ4n) is 2.00. The van der Waals surface area contributed by atoms with Crippen molar-refractivity contribution >= 4 is 11.6 Å². The van der Waals surface area contributed by atoms with Crippen LogP contribution in [-0.2, 0) is 10.2 Å². The van der Waals surface area contributed by atoms with Gasteiger partial charge in [-0.3, -0.25) is 4.79 Å². The van der Waals surface area contributed by atoms with Crippen LogP contribution in [0, 0.1) is 0 Å². The summed E-state index contributed by atoms with van der Waals surface area (Å²) in [7, 11) is 3.18. The molecule has 16 heavy (non-hydrogen) atoms. The standard InChI is InChI=1S/C12H15NO3/c1-12(2)10-8(13-11(12)14)5-7(15-3)6-9(10)16-4/h5-6H,1-4H3,(H,13,14). The van der Waals surface area contributed by atoms with Crippen molar-refractivity contribution < 1.29 is 14.3 Å². The number of rotatable bonds is 2. The van der Waals surface area contributed by atoms with E-state index in [0.717, 1.165) is 11.3 Å². The number of amides is 1. The number of carbonyl (C=O) groups excluding carboxylic acids is 1. The Morgan fingerprint density at radius 2 is 1.88 bits per heavy atom. The molecule has 1 heterocycles. The fraction of sp³-hybridized carbons (Fsp3) is 0.417. The summed E-state index contributed by atoms with van der Waals surface area (Å²) in [5, 5.41) is 2.84. The Kier molecular flexibility index (Phi) is 2.30. The SMILES string of the molecule is COc1cc2c(c(OC)c1)C(C)(C)C(=O)N2. The Morgan fingerprint density at radius 1 is 1.19 bits per heavy atom. The van der Waals surface area contributed by atoms with Crippen LogP contribution >= 0.6 is 0 Å². The molecule has 0 aliphatic carbocycles. The van der Waals surface area contributed by atoms with Crippen LogP contribution in [0.5, 0.6) is 11.5 Å². The molecule has 1 amide bonds. The molecule has 0 spiro atoms. The molecule has 1 aromatic rings. The number of hydrogen-bond acceptors (Lipinski definition) is 3. The highest BCUT2D eigenvalue weighted by molar-refractivity contribution is 6.06. The number of ether oxygens (including phenoxy) is 2. The van der Waals surface area contributed by atoms with E-state index in [4.69, 9.17) is 9.47 Å². The number of anilines is 1. The van der Waals surface area contributed by atoms with Crippen LogP contribution < -0.4 is 14.8 Å². The first-order valence-corrected chi connectivity index (χ1v) is 5.08. The first-order valence-electron chi connectivity index (χ1n) is 5.08. The molecular formula is C12H15NO3. The number of benzene rings is 1. The van der Waals surface area contributed by atoms with E-state index in [1.165, 1.54) is 0 Å². The molecule has 1 N–H and O–H groups in total. The van der Waals surface area contributed by atoms with Crippen LogP contribution in [0.1, 0.15) is 19.4 Å². The molecule has 4 heteroatoms. The quantitative estimate of drug-likeness (QED) is 0.830. The lowest BCUT2D eigenvalue weighted by Crippen LogP contribution is -2.27. The average molecular weight is 221 g/mol. The molecule has 0 unspecified atom stereocenters. The van der Waals surface area contributed by atoms with Crippen LogP contribution in [0.15, 0.2) is 12.1 Å². The zero-order valence-electron chi connectivity index (χ0n) is 9.88. The van der Waals surface area contributed by atoms with Crippen LogP contribution in [0.25, 0.3) is 0 Å². The van der Waals surface area contributed by atoms with Gasteiger partial charge in [-0.15, -0.1) is 0 Å². The topological polar surface area (TPSA) is 47.6 Å². The van der Waals surface area contributed by atoms with E-state index >= 15 is 0 Å². The fourth-order valence-corrected chi connectivity index (χ4v) is 2.00. The van der Waals surface area contributed by atoms with Crippen molar-refractivity contribution in [1.82, 2.24) is 0 Å². The molecule has 1 aromatic carbocycles. The lowest BCUT2D eigenvalue weighted by molar-refractivity contribution is -0.119. The molecule has 1 aliphatic rings. The second kappa shape index (κ2) is 3.40. The molecular weight excluding hydrogens is 206 g/mol. The minimum absolute atomic E-state index is 0.0194. The van der Waals surface area contributed by atoms with E-state index in [9.17, 15) is 4.79 Å². The monoisotopic (exact) mass is 221 g/mol. The molecule has 0 aromatic heterocycles. The van der Waals surface area contributed by atoms with E-state index < -0.39 is 5.41 Å². The molecule has 0 atom stereocenters. The predicted octanol–water partition coefficient (Wildman–Crippen LogP) is 1.93. The molecule has 4 nitrogen and oxygen atoms in total. The second-order valence-electron chi connectivity index (χ2n) is 4.33. The minimum atomic E-state index is -0.563. The smallest absolute Gasteiger partial charge is 0.234 e. The molecule has 0 saturated carbocycles. The third-order valence-electron chi connectivity index (χ3n) is 2.97. The van der Waals surface area contributed by atoms with Crippen molar-refractivity contribution in [1.29, 1.82) is 0 Å². The molecule has 0 fully saturated rings. The number of methoxy groups -OCH3 is 2. The second-order valence-corrected chi connectivity index (χ2v) is 4.33. The summed E-state index contributed by atoms with van der Waals surface area (Å²) in [6.45, 7) is 3.76. The Morgan fingerprint density at radius 3 is 2.44 bits per heavy atom. The van der Waals surface area contributed by atoms with E-state index in [-0.39, 0.29) is 5.91 Å². The largest absolute Gasteiger partial charge is 0.497 e. The summed E-state index contributed by atoms with van der Waals surface area (Å²) in [5.74, 6) is 1.33. The summed E-state index contributed by atoms with van der Waals surface area (Å²) in [6.07, 6.45) is 0. The lowest BCUT2D eigenvalue weighted by atomic mass is 9.85. The summed E-state index contributed by atoms with van der Waals surface area (Å²) in [6, 6.07) is 3.60. The van der Waals surface area contributed by atoms with Crippen LogP contribution in [0.4, 0.5) is 5.69 Å². The first-order chi connectivity index (χ1) is 7.50. The van der Waals surface area contributed by atoms with Gasteiger partial charge in [0, 0.05) is 17.7 Å². The average Bonchev–Trinajstić information content (AvgIpc) is 2.49. The molecule has 0 saturated heterocycles. The van der Waals surface area contributed by atoms with Gasteiger partial charge in [0.15, 0.2) is 0 Å². The van der Waals surface area contributed by atoms with Gasteiger partial charge in [-0.25, -0.2) is 0 Å². The van der Waals surface area contributed by atoms with E-state index in [2.05, 4.69) is 5.32 Å². The molecule has 1 aliphatic heterocycles. The molecule has 0 bridgehead atoms. The number of carbonyl (C=O) groups is 1. The molecule has 2 rings (SSSR count). The van der Waals surface area contributed by atoms with Gasteiger partial charge < -0.3 is 14.8 Å². The van der Waals surface area contributed by atoms with E-state index in [0.29, 0.717) is 11.5 Å². The normalized spacial score (nSPS) is 16.6. The summed E-state index contributed by atoms with van der Waals surface area (Å²) in [5.41, 5.74) is 1.10. The maximum absolute atomic E-state index is 11.8. The number of hydrogen-bond donors (Lipinski definition) is 1. The highest BCUT2D eigenvalue weighted by Crippen LogP contribution is 2.45. The Balaban J connectivity index is 2.66. The maximum atomic E-state index is 11.8. The van der Waals surface area contributed by atoms with Gasteiger partial charge in [0.1, 0.15) is 11.5 Å². The molecule has 0 radical (unpaired) electrons. The highest BCUT2D eigenvalue weighted by Gasteiger charge is 2.41. The van der Waals surface area contributed by atoms with Gasteiger partial charge in [0.2, 0.25) is 5.91 Å². The van der Waals surface area contributed by atoms with Crippen LogP contribution in [0.3, 0.4) is 0 Å². The lowest BCUT2D eigenvalue weighted by Gasteiger charge is -2.18. The van der Waals surface area contributed by atoms with Gasteiger partial charge in [-0.1, -0.05) is 0 Å². The van der Waals surface area contributed by atoms with Gasteiger partial charge in [0.05, 0.1) is 25.3 Å². The Hall–Kier alpha value is -1.71. The Bertz CT molecular complexity index is 452. The van der Waals surface area contributed by atoms with Crippen molar-refractivity contribution in [3.8, 4) is 11.5 Å². The summed E-state index contributed by atoms with van der Waals surface area (Å²) in [4.78, 5) is 11.8. The van der Waals surface area contributed by atoms with Gasteiger partial charge in [-0.2, -0.15) is 0 Å². The van der Waals surface area contributed by atoms with Crippen molar-refractivity contribution in [3.05, 3.63) is 17.7 Å². The van der Waals surface area contributed by atoms with Crippen molar-refractivity contribution in [2.24, 2.45) is 0 Å². The predicted molar refractivity (Wildman–Crippen MR) is 61.2 cm³/mol. The molecule has 86 valence electrons. The van der Waals surface area contributed by atoms with Gasteiger partial charge >= 0.3 is 0 Å². The first kappa shape index (κ1) is 10.8. The summed E-state index contributed by atoms with van der Waals surface area (Å²) < 4.78 is 10.5. The minimum Gasteiger partial charge on any atom is -0.497 e. The summed E-state index contributed by atoms with van der Waals surface area (Å²) >= 11 is 0. The van der Waals surface area contributed by atoms with Gasteiger partial charge in [0.25, 0.3) is 0 Å². The van der Waals surface area contributed by atoms with Crippen molar-refractivity contribution in [2.45, 2.75) is 19.3 Å². The Labute approximate surface area is 94.6 Å². The number of fused-ring (bicyclic) bond motifs is 1. The van der Waals surface area contributed by atoms with Crippen LogP contribution in [-0.4, -0.2) is 20.1 Å². The highest BCUT2D eigenvalue weighted by atomic mass is 16.5. The third-order valence-corrected chi connectivity index (χ3v) is 2.97. The zero-order chi connectivity index (χ0) is 11.9. The maximum Gasteiger partial charge on any atom is 0.234 e. The van der Waals surface area contributed by atoms with E-state index in [1.54, 1.807) is 20.3 Å². The third kappa shape index (κ3) is 1.33. The van der Waals surface area contributed by atoms with Crippen LogP contribution in [0.2, 0.25) is 0 Å².